The monoisotopic (exact) mass is 336 g/mol. The third kappa shape index (κ3) is 5.56. The molecule has 0 unspecified atom stereocenters. The van der Waals surface area contributed by atoms with E-state index in [1.165, 1.54) is 0 Å². The minimum Gasteiger partial charge on any atom is -0.507 e. The van der Waals surface area contributed by atoms with Gasteiger partial charge in [0.1, 0.15) is 11.5 Å². The molecule has 0 saturated carbocycles. The maximum atomic E-state index is 11.8. The van der Waals surface area contributed by atoms with Gasteiger partial charge in [-0.05, 0) is 23.0 Å². The van der Waals surface area contributed by atoms with E-state index in [1.807, 2.05) is 13.8 Å². The van der Waals surface area contributed by atoms with Crippen molar-refractivity contribution in [3.63, 3.8) is 0 Å². The summed E-state index contributed by atoms with van der Waals surface area (Å²) < 4.78 is 0. The molecule has 3 heteroatoms. The molecular formula is C20H32O2S. The van der Waals surface area contributed by atoms with Crippen LogP contribution in [0, 0.1) is 5.92 Å². The van der Waals surface area contributed by atoms with Crippen molar-refractivity contribution in [2.45, 2.75) is 77.5 Å². The highest BCUT2D eigenvalue weighted by atomic mass is 32.2. The van der Waals surface area contributed by atoms with Gasteiger partial charge in [-0.15, -0.1) is 11.8 Å². The van der Waals surface area contributed by atoms with Crippen LogP contribution >= 0.6 is 11.8 Å². The molecule has 130 valence electrons. The molecule has 0 bridgehead atoms. The lowest BCUT2D eigenvalue weighted by molar-refractivity contribution is -0.121. The van der Waals surface area contributed by atoms with Crippen molar-refractivity contribution in [3.8, 4) is 5.75 Å². The summed E-state index contributed by atoms with van der Waals surface area (Å²) in [6.07, 6.45) is 0.596. The van der Waals surface area contributed by atoms with Crippen LogP contribution in [0.1, 0.15) is 72.9 Å². The molecule has 0 spiro atoms. The maximum Gasteiger partial charge on any atom is 0.136 e. The van der Waals surface area contributed by atoms with Crippen LogP contribution in [-0.2, 0) is 15.6 Å². The van der Waals surface area contributed by atoms with Gasteiger partial charge in [0.25, 0.3) is 0 Å². The van der Waals surface area contributed by atoms with Gasteiger partial charge in [-0.1, -0.05) is 55.4 Å². The van der Waals surface area contributed by atoms with Crippen LogP contribution in [0.5, 0.6) is 5.75 Å². The van der Waals surface area contributed by atoms with Gasteiger partial charge in [-0.3, -0.25) is 4.79 Å². The lowest BCUT2D eigenvalue weighted by Gasteiger charge is -2.28. The molecule has 1 rings (SSSR count). The number of ketones is 1. The zero-order valence-corrected chi connectivity index (χ0v) is 16.7. The van der Waals surface area contributed by atoms with Crippen LogP contribution in [-0.4, -0.2) is 16.6 Å². The van der Waals surface area contributed by atoms with Gasteiger partial charge >= 0.3 is 0 Å². The first-order valence-electron chi connectivity index (χ1n) is 8.37. The SMILES string of the molecule is CC(C)C(=O)CCSc1cc(C(C)(C)C)c(O)c(C(C)(C)C)c1. The smallest absolute Gasteiger partial charge is 0.136 e. The summed E-state index contributed by atoms with van der Waals surface area (Å²) >= 11 is 1.70. The average molecular weight is 337 g/mol. The van der Waals surface area contributed by atoms with Gasteiger partial charge in [0.2, 0.25) is 0 Å². The maximum absolute atomic E-state index is 11.8. The molecule has 0 aliphatic heterocycles. The summed E-state index contributed by atoms with van der Waals surface area (Å²) in [5.41, 5.74) is 1.72. The molecule has 0 saturated heterocycles. The summed E-state index contributed by atoms with van der Waals surface area (Å²) in [6, 6.07) is 4.16. The normalized spacial score (nSPS) is 12.7. The third-order valence-electron chi connectivity index (χ3n) is 3.96. The van der Waals surface area contributed by atoms with Crippen LogP contribution < -0.4 is 0 Å². The number of hydrogen-bond donors (Lipinski definition) is 1. The Balaban J connectivity index is 3.11. The first-order valence-corrected chi connectivity index (χ1v) is 9.36. The zero-order chi connectivity index (χ0) is 18.0. The van der Waals surface area contributed by atoms with Crippen molar-refractivity contribution in [2.75, 3.05) is 5.75 Å². The average Bonchev–Trinajstić information content (AvgIpc) is 2.37. The first kappa shape index (κ1) is 20.1. The molecule has 0 atom stereocenters. The second-order valence-electron chi connectivity index (χ2n) is 8.59. The van der Waals surface area contributed by atoms with Crippen LogP contribution in [0.15, 0.2) is 17.0 Å². The molecule has 0 fully saturated rings. The standard InChI is InChI=1S/C20H32O2S/c1-13(2)17(21)9-10-23-14-11-15(19(3,4)5)18(22)16(12-14)20(6,7)8/h11-13,22H,9-10H2,1-8H3. The minimum atomic E-state index is -0.117. The first-order chi connectivity index (χ1) is 10.3. The Morgan fingerprint density at radius 2 is 1.48 bits per heavy atom. The van der Waals surface area contributed by atoms with E-state index in [-0.39, 0.29) is 16.7 Å². The quantitative estimate of drug-likeness (QED) is 0.701. The summed E-state index contributed by atoms with van der Waals surface area (Å²) in [7, 11) is 0. The van der Waals surface area contributed by atoms with E-state index in [0.717, 1.165) is 21.8 Å². The molecular weight excluding hydrogens is 304 g/mol. The van der Waals surface area contributed by atoms with E-state index in [9.17, 15) is 9.90 Å². The number of carbonyl (C=O) groups excluding carboxylic acids is 1. The van der Waals surface area contributed by atoms with Crippen molar-refractivity contribution in [3.05, 3.63) is 23.3 Å². The highest BCUT2D eigenvalue weighted by Gasteiger charge is 2.26. The lowest BCUT2D eigenvalue weighted by Crippen LogP contribution is -2.17. The van der Waals surface area contributed by atoms with E-state index in [1.54, 1.807) is 11.8 Å². The van der Waals surface area contributed by atoms with E-state index in [4.69, 9.17) is 0 Å². The van der Waals surface area contributed by atoms with E-state index >= 15 is 0 Å². The highest BCUT2D eigenvalue weighted by molar-refractivity contribution is 7.99. The molecule has 1 N–H and O–H groups in total. The van der Waals surface area contributed by atoms with Crippen molar-refractivity contribution >= 4 is 17.5 Å². The van der Waals surface area contributed by atoms with E-state index < -0.39 is 0 Å². The van der Waals surface area contributed by atoms with Crippen LogP contribution in [0.4, 0.5) is 0 Å². The van der Waals surface area contributed by atoms with Gasteiger partial charge in [0.05, 0.1) is 0 Å². The van der Waals surface area contributed by atoms with Crippen molar-refractivity contribution in [1.29, 1.82) is 0 Å². The number of hydrogen-bond acceptors (Lipinski definition) is 3. The van der Waals surface area contributed by atoms with Gasteiger partial charge in [0.15, 0.2) is 0 Å². The minimum absolute atomic E-state index is 0.102. The number of benzene rings is 1. The Bertz CT molecular complexity index is 525. The number of thioether (sulfide) groups is 1. The fraction of sp³-hybridized carbons (Fsp3) is 0.650. The Kier molecular flexibility index (Phi) is 6.37. The number of aromatic hydroxyl groups is 1. The largest absolute Gasteiger partial charge is 0.507 e. The molecule has 0 radical (unpaired) electrons. The Morgan fingerprint density at radius 3 is 1.83 bits per heavy atom. The molecule has 1 aromatic rings. The fourth-order valence-electron chi connectivity index (χ4n) is 2.39. The second-order valence-corrected chi connectivity index (χ2v) is 9.75. The molecule has 0 aromatic heterocycles. The number of phenols is 1. The van der Waals surface area contributed by atoms with Crippen molar-refractivity contribution < 1.29 is 9.90 Å². The van der Waals surface area contributed by atoms with Crippen LogP contribution in [0.2, 0.25) is 0 Å². The van der Waals surface area contributed by atoms with Gasteiger partial charge in [-0.25, -0.2) is 0 Å². The predicted molar refractivity (Wildman–Crippen MR) is 101 cm³/mol. The molecule has 2 nitrogen and oxygen atoms in total. The number of phenolic OH excluding ortho intramolecular Hbond substituents is 1. The van der Waals surface area contributed by atoms with Crippen LogP contribution in [0.25, 0.3) is 0 Å². The molecule has 23 heavy (non-hydrogen) atoms. The van der Waals surface area contributed by atoms with Gasteiger partial charge < -0.3 is 5.11 Å². The second kappa shape index (κ2) is 7.29. The van der Waals surface area contributed by atoms with E-state index in [0.29, 0.717) is 18.0 Å². The number of Topliss-reactive ketones (excluding diaryl/α,β-unsaturated/α-hetero) is 1. The predicted octanol–water partition coefficient (Wildman–Crippen LogP) is 5.69. The summed E-state index contributed by atoms with van der Waals surface area (Å²) in [4.78, 5) is 12.9. The Hall–Kier alpha value is -0.960. The lowest BCUT2D eigenvalue weighted by atomic mass is 9.79. The molecule has 0 aliphatic rings. The van der Waals surface area contributed by atoms with Crippen LogP contribution in [0.3, 0.4) is 0 Å². The summed E-state index contributed by atoms with van der Waals surface area (Å²) in [5, 5.41) is 10.7. The Labute approximate surface area is 146 Å². The Morgan fingerprint density at radius 1 is 1.04 bits per heavy atom. The highest BCUT2D eigenvalue weighted by Crippen LogP contribution is 2.41. The van der Waals surface area contributed by atoms with Crippen molar-refractivity contribution in [1.82, 2.24) is 0 Å². The fourth-order valence-corrected chi connectivity index (χ4v) is 3.33. The topological polar surface area (TPSA) is 37.3 Å². The summed E-state index contributed by atoms with van der Waals surface area (Å²) in [5.74, 6) is 1.61. The molecule has 0 heterocycles. The molecule has 0 amide bonds. The van der Waals surface area contributed by atoms with Crippen molar-refractivity contribution in [2.24, 2.45) is 5.92 Å². The number of rotatable bonds is 5. The van der Waals surface area contributed by atoms with E-state index in [2.05, 4.69) is 53.7 Å². The van der Waals surface area contributed by atoms with Gasteiger partial charge in [0, 0.05) is 34.1 Å². The molecule has 0 aliphatic carbocycles. The zero-order valence-electron chi connectivity index (χ0n) is 15.9. The third-order valence-corrected chi connectivity index (χ3v) is 4.94. The molecule has 1 aromatic carbocycles. The number of carbonyl (C=O) groups is 1. The summed E-state index contributed by atoms with van der Waals surface area (Å²) in [6.45, 7) is 16.6. The van der Waals surface area contributed by atoms with Gasteiger partial charge in [-0.2, -0.15) is 0 Å².